The SMILES string of the molecule is N#CC1=C/C=C\CC/C(I)=C\1. The molecular formula is C9H8IN. The molecule has 0 spiro atoms. The molecular weight excluding hydrogens is 249 g/mol. The van der Waals surface area contributed by atoms with Crippen molar-refractivity contribution in [2.24, 2.45) is 0 Å². The molecule has 1 aliphatic carbocycles. The molecule has 1 rings (SSSR count). The number of allylic oxidation sites excluding steroid dienone is 6. The molecule has 1 aliphatic rings. The zero-order chi connectivity index (χ0) is 8.10. The van der Waals surface area contributed by atoms with Crippen LogP contribution >= 0.6 is 22.6 Å². The van der Waals surface area contributed by atoms with Gasteiger partial charge in [-0.05, 0) is 51.2 Å². The zero-order valence-corrected chi connectivity index (χ0v) is 8.21. The second-order valence-electron chi connectivity index (χ2n) is 2.29. The van der Waals surface area contributed by atoms with Gasteiger partial charge in [-0.15, -0.1) is 0 Å². The molecule has 0 saturated heterocycles. The molecule has 11 heavy (non-hydrogen) atoms. The van der Waals surface area contributed by atoms with Crippen molar-refractivity contribution in [3.63, 3.8) is 0 Å². The van der Waals surface area contributed by atoms with E-state index in [9.17, 15) is 0 Å². The highest BCUT2D eigenvalue weighted by Gasteiger charge is 1.95. The van der Waals surface area contributed by atoms with Crippen LogP contribution in [-0.4, -0.2) is 0 Å². The summed E-state index contributed by atoms with van der Waals surface area (Å²) in [5.74, 6) is 0. The van der Waals surface area contributed by atoms with Gasteiger partial charge in [0.15, 0.2) is 0 Å². The molecule has 0 unspecified atom stereocenters. The molecule has 0 atom stereocenters. The summed E-state index contributed by atoms with van der Waals surface area (Å²) in [5, 5.41) is 8.63. The van der Waals surface area contributed by atoms with Gasteiger partial charge in [0, 0.05) is 0 Å². The molecule has 2 heteroatoms. The summed E-state index contributed by atoms with van der Waals surface area (Å²) in [6, 6.07) is 2.13. The Hall–Kier alpha value is -0.560. The molecule has 0 bridgehead atoms. The van der Waals surface area contributed by atoms with Crippen LogP contribution in [0.25, 0.3) is 0 Å². The molecule has 0 amide bonds. The molecule has 0 saturated carbocycles. The number of nitrogens with zero attached hydrogens (tertiary/aromatic N) is 1. The van der Waals surface area contributed by atoms with E-state index in [2.05, 4.69) is 34.7 Å². The summed E-state index contributed by atoms with van der Waals surface area (Å²) in [6.07, 6.45) is 9.93. The Kier molecular flexibility index (Phi) is 3.37. The van der Waals surface area contributed by atoms with E-state index in [1.54, 1.807) is 0 Å². The first-order valence-corrected chi connectivity index (χ1v) is 4.54. The van der Waals surface area contributed by atoms with Gasteiger partial charge < -0.3 is 0 Å². The largest absolute Gasteiger partial charge is 0.192 e. The van der Waals surface area contributed by atoms with E-state index >= 15 is 0 Å². The standard InChI is InChI=1S/C9H8IN/c10-9-5-3-1-2-4-8(6-9)7-11/h1-2,4,6H,3,5H2/b2-1-,8-4+,9-6+. The number of rotatable bonds is 0. The van der Waals surface area contributed by atoms with Crippen molar-refractivity contribution < 1.29 is 0 Å². The van der Waals surface area contributed by atoms with Gasteiger partial charge in [0.2, 0.25) is 0 Å². The Balaban J connectivity index is 2.89. The van der Waals surface area contributed by atoms with Crippen molar-refractivity contribution in [1.82, 2.24) is 0 Å². The van der Waals surface area contributed by atoms with E-state index in [0.717, 1.165) is 18.4 Å². The van der Waals surface area contributed by atoms with Gasteiger partial charge in [0.25, 0.3) is 0 Å². The first-order chi connectivity index (χ1) is 5.33. The first kappa shape index (κ1) is 8.54. The summed E-state index contributed by atoms with van der Waals surface area (Å²) in [5.41, 5.74) is 0.741. The van der Waals surface area contributed by atoms with Crippen LogP contribution in [0, 0.1) is 11.3 Å². The Morgan fingerprint density at radius 3 is 3.09 bits per heavy atom. The number of nitriles is 1. The van der Waals surface area contributed by atoms with Crippen LogP contribution in [0.1, 0.15) is 12.8 Å². The first-order valence-electron chi connectivity index (χ1n) is 3.46. The highest BCUT2D eigenvalue weighted by atomic mass is 127. The highest BCUT2D eigenvalue weighted by Crippen LogP contribution is 2.18. The summed E-state index contributed by atoms with van der Waals surface area (Å²) in [4.78, 5) is 0. The quantitative estimate of drug-likeness (QED) is 0.611. The zero-order valence-electron chi connectivity index (χ0n) is 6.05. The number of hydrogen-bond donors (Lipinski definition) is 0. The molecule has 0 N–H and O–H groups in total. The average Bonchev–Trinajstić information content (AvgIpc) is 1.96. The Bertz CT molecular complexity index is 266. The topological polar surface area (TPSA) is 23.8 Å². The van der Waals surface area contributed by atoms with Crippen LogP contribution in [0.15, 0.2) is 33.5 Å². The van der Waals surface area contributed by atoms with Crippen molar-refractivity contribution in [2.75, 3.05) is 0 Å². The van der Waals surface area contributed by atoms with Crippen LogP contribution in [-0.2, 0) is 0 Å². The van der Waals surface area contributed by atoms with Gasteiger partial charge in [0.1, 0.15) is 0 Å². The molecule has 0 fully saturated rings. The lowest BCUT2D eigenvalue weighted by molar-refractivity contribution is 1.04. The van der Waals surface area contributed by atoms with E-state index in [1.807, 2.05) is 18.2 Å². The van der Waals surface area contributed by atoms with Gasteiger partial charge in [-0.1, -0.05) is 12.2 Å². The summed E-state index contributed by atoms with van der Waals surface area (Å²) < 4.78 is 1.25. The third-order valence-electron chi connectivity index (χ3n) is 1.40. The normalized spacial score (nSPS) is 29.8. The van der Waals surface area contributed by atoms with Crippen molar-refractivity contribution in [2.45, 2.75) is 12.8 Å². The maximum atomic E-state index is 8.63. The minimum atomic E-state index is 0.741. The van der Waals surface area contributed by atoms with Gasteiger partial charge in [0.05, 0.1) is 11.6 Å². The maximum absolute atomic E-state index is 8.63. The van der Waals surface area contributed by atoms with Crippen molar-refractivity contribution in [3.05, 3.63) is 33.5 Å². The van der Waals surface area contributed by atoms with Crippen molar-refractivity contribution in [3.8, 4) is 6.07 Å². The number of halogens is 1. The summed E-state index contributed by atoms with van der Waals surface area (Å²) >= 11 is 2.27. The third kappa shape index (κ3) is 2.89. The lowest BCUT2D eigenvalue weighted by Crippen LogP contribution is -1.79. The molecule has 56 valence electrons. The third-order valence-corrected chi connectivity index (χ3v) is 2.25. The van der Waals surface area contributed by atoms with E-state index in [4.69, 9.17) is 5.26 Å². The molecule has 0 aromatic rings. The Labute approximate surface area is 80.2 Å². The van der Waals surface area contributed by atoms with Crippen LogP contribution in [0.4, 0.5) is 0 Å². The van der Waals surface area contributed by atoms with E-state index < -0.39 is 0 Å². The Morgan fingerprint density at radius 2 is 2.36 bits per heavy atom. The van der Waals surface area contributed by atoms with Gasteiger partial charge in [-0.25, -0.2) is 0 Å². The minimum Gasteiger partial charge on any atom is -0.192 e. The molecule has 0 heterocycles. The predicted octanol–water partition coefficient (Wildman–Crippen LogP) is 3.11. The van der Waals surface area contributed by atoms with Crippen LogP contribution in [0.3, 0.4) is 0 Å². The van der Waals surface area contributed by atoms with E-state index in [-0.39, 0.29) is 0 Å². The second kappa shape index (κ2) is 4.35. The molecule has 0 aromatic carbocycles. The number of hydrogen-bond acceptors (Lipinski definition) is 1. The lowest BCUT2D eigenvalue weighted by atomic mass is 10.1. The van der Waals surface area contributed by atoms with Crippen LogP contribution in [0.5, 0.6) is 0 Å². The van der Waals surface area contributed by atoms with Crippen LogP contribution < -0.4 is 0 Å². The molecule has 0 radical (unpaired) electrons. The van der Waals surface area contributed by atoms with Crippen molar-refractivity contribution >= 4 is 22.6 Å². The Morgan fingerprint density at radius 1 is 1.55 bits per heavy atom. The molecule has 1 nitrogen and oxygen atoms in total. The predicted molar refractivity (Wildman–Crippen MR) is 54.2 cm³/mol. The fourth-order valence-corrected chi connectivity index (χ4v) is 1.49. The lowest BCUT2D eigenvalue weighted by Gasteiger charge is -1.97. The summed E-state index contributed by atoms with van der Waals surface area (Å²) in [7, 11) is 0. The maximum Gasteiger partial charge on any atom is 0.0991 e. The second-order valence-corrected chi connectivity index (χ2v) is 3.68. The molecule has 0 aliphatic heterocycles. The van der Waals surface area contributed by atoms with Crippen molar-refractivity contribution in [1.29, 1.82) is 5.26 Å². The fourth-order valence-electron chi connectivity index (χ4n) is 0.848. The monoisotopic (exact) mass is 257 g/mol. The highest BCUT2D eigenvalue weighted by molar-refractivity contribution is 14.1. The van der Waals surface area contributed by atoms with Gasteiger partial charge in [-0.2, -0.15) is 5.26 Å². The smallest absolute Gasteiger partial charge is 0.0991 e. The molecule has 0 aromatic heterocycles. The van der Waals surface area contributed by atoms with Gasteiger partial charge in [-0.3, -0.25) is 0 Å². The van der Waals surface area contributed by atoms with Gasteiger partial charge >= 0.3 is 0 Å². The minimum absolute atomic E-state index is 0.741. The summed E-state index contributed by atoms with van der Waals surface area (Å²) in [6.45, 7) is 0. The van der Waals surface area contributed by atoms with E-state index in [1.165, 1.54) is 3.58 Å². The average molecular weight is 257 g/mol. The fraction of sp³-hybridized carbons (Fsp3) is 0.222. The van der Waals surface area contributed by atoms with E-state index in [0.29, 0.717) is 0 Å². The van der Waals surface area contributed by atoms with Crippen LogP contribution in [0.2, 0.25) is 0 Å².